The monoisotopic (exact) mass is 523 g/mol. The molecule has 0 aliphatic carbocycles. The molecule has 0 unspecified atom stereocenters. The Bertz CT molecular complexity index is 1580. The molecule has 0 saturated carbocycles. The van der Waals surface area contributed by atoms with Crippen molar-refractivity contribution in [3.05, 3.63) is 82.8 Å². The second-order valence-electron chi connectivity index (χ2n) is 7.23. The molecule has 0 fully saturated rings. The first-order valence-electron chi connectivity index (χ1n) is 9.99. The molecule has 5 rings (SSSR count). The van der Waals surface area contributed by atoms with Crippen molar-refractivity contribution < 1.29 is 13.2 Å². The summed E-state index contributed by atoms with van der Waals surface area (Å²) in [5.41, 5.74) is 1.79. The first kappa shape index (κ1) is 21.4. The molecule has 2 aromatic heterocycles. The third kappa shape index (κ3) is 3.81. The third-order valence-electron chi connectivity index (χ3n) is 5.24. The minimum atomic E-state index is -3.93. The van der Waals surface area contributed by atoms with E-state index < -0.39 is 9.84 Å². The molecule has 0 spiro atoms. The maximum Gasteiger partial charge on any atom is 0.229 e. The van der Waals surface area contributed by atoms with Crippen LogP contribution < -0.4 is 10.1 Å². The van der Waals surface area contributed by atoms with Gasteiger partial charge in [0.2, 0.25) is 14.9 Å². The lowest BCUT2D eigenvalue weighted by atomic mass is 10.2. The molecule has 33 heavy (non-hydrogen) atoms. The van der Waals surface area contributed by atoms with Gasteiger partial charge in [-0.1, -0.05) is 51.5 Å². The molecule has 0 atom stereocenters. The predicted octanol–water partition coefficient (Wildman–Crippen LogP) is 4.49. The number of para-hydroxylation sites is 2. The van der Waals surface area contributed by atoms with Gasteiger partial charge in [0, 0.05) is 22.0 Å². The number of ether oxygens (including phenoxy) is 1. The van der Waals surface area contributed by atoms with Gasteiger partial charge < -0.3 is 10.1 Å². The summed E-state index contributed by atoms with van der Waals surface area (Å²) in [5.74, 6) is 1.28. The Hall–Kier alpha value is -3.50. The molecule has 0 bridgehead atoms. The highest BCUT2D eigenvalue weighted by Gasteiger charge is 2.27. The van der Waals surface area contributed by atoms with Gasteiger partial charge in [-0.05, 0) is 42.5 Å². The summed E-state index contributed by atoms with van der Waals surface area (Å²) in [4.78, 5) is 4.76. The summed E-state index contributed by atoms with van der Waals surface area (Å²) in [6.07, 6.45) is 0. The Balaban J connectivity index is 1.64. The van der Waals surface area contributed by atoms with Gasteiger partial charge in [0.05, 0.1) is 17.5 Å². The number of aromatic nitrogens is 4. The number of halogens is 1. The van der Waals surface area contributed by atoms with Crippen LogP contribution in [0.1, 0.15) is 5.56 Å². The van der Waals surface area contributed by atoms with Crippen molar-refractivity contribution in [1.82, 2.24) is 19.8 Å². The van der Waals surface area contributed by atoms with Crippen LogP contribution in [-0.2, 0) is 16.4 Å². The number of nitrogens with one attached hydrogen (secondary N) is 1. The fourth-order valence-electron chi connectivity index (χ4n) is 3.61. The normalized spacial score (nSPS) is 11.7. The summed E-state index contributed by atoms with van der Waals surface area (Å²) < 4.78 is 34.3. The average Bonchev–Trinajstić information content (AvgIpc) is 3.28. The molecule has 0 saturated heterocycles. The van der Waals surface area contributed by atoms with Gasteiger partial charge in [0.15, 0.2) is 5.65 Å². The molecule has 0 aliphatic heterocycles. The molecule has 5 aromatic rings. The van der Waals surface area contributed by atoms with Crippen molar-refractivity contribution >= 4 is 48.1 Å². The number of hydrogen-bond acceptors (Lipinski definition) is 7. The molecular weight excluding hydrogens is 506 g/mol. The van der Waals surface area contributed by atoms with Gasteiger partial charge >= 0.3 is 0 Å². The minimum absolute atomic E-state index is 0.117. The number of benzene rings is 3. The van der Waals surface area contributed by atoms with E-state index in [1.807, 2.05) is 48.5 Å². The van der Waals surface area contributed by atoms with Gasteiger partial charge in [-0.25, -0.2) is 13.4 Å². The smallest absolute Gasteiger partial charge is 0.229 e. The zero-order valence-corrected chi connectivity index (χ0v) is 19.8. The predicted molar refractivity (Wildman–Crippen MR) is 128 cm³/mol. The lowest BCUT2D eigenvalue weighted by Gasteiger charge is -2.12. The fourth-order valence-corrected chi connectivity index (χ4v) is 5.11. The van der Waals surface area contributed by atoms with E-state index in [1.54, 1.807) is 19.2 Å². The fraction of sp³-hybridized carbons (Fsp3) is 0.0870. The van der Waals surface area contributed by atoms with Gasteiger partial charge in [0.1, 0.15) is 11.6 Å². The molecule has 2 heterocycles. The van der Waals surface area contributed by atoms with Gasteiger partial charge in [-0.15, -0.1) is 5.10 Å². The molecule has 8 nitrogen and oxygen atoms in total. The standard InChI is InChI=1S/C23H18BrN5O3S/c1-32-20-9-5-2-6-15(20)14-25-21-18-7-3-4-8-19(18)29-22(26-21)23(27-28-29)33(30,31)17-12-10-16(24)11-13-17/h2-13H,14H2,1H3,(H,25,26). The summed E-state index contributed by atoms with van der Waals surface area (Å²) >= 11 is 3.33. The second-order valence-corrected chi connectivity index (χ2v) is 10.0. The topological polar surface area (TPSA) is 98.5 Å². The number of hydrogen-bond donors (Lipinski definition) is 1. The van der Waals surface area contributed by atoms with Crippen LogP contribution in [0, 0.1) is 0 Å². The molecule has 166 valence electrons. The molecule has 10 heteroatoms. The number of nitrogens with zero attached hydrogens (tertiary/aromatic N) is 4. The van der Waals surface area contributed by atoms with Crippen LogP contribution in [0.3, 0.4) is 0 Å². The van der Waals surface area contributed by atoms with Gasteiger partial charge in [0.25, 0.3) is 0 Å². The van der Waals surface area contributed by atoms with E-state index in [0.717, 1.165) is 21.2 Å². The van der Waals surface area contributed by atoms with E-state index in [4.69, 9.17) is 4.74 Å². The highest BCUT2D eigenvalue weighted by atomic mass is 79.9. The molecule has 0 aliphatic rings. The van der Waals surface area contributed by atoms with Crippen LogP contribution in [0.15, 0.2) is 87.2 Å². The maximum absolute atomic E-state index is 13.3. The maximum atomic E-state index is 13.3. The van der Waals surface area contributed by atoms with Crippen molar-refractivity contribution in [2.45, 2.75) is 16.5 Å². The van der Waals surface area contributed by atoms with Crippen LogP contribution in [0.4, 0.5) is 5.82 Å². The van der Waals surface area contributed by atoms with Crippen LogP contribution in [0.2, 0.25) is 0 Å². The minimum Gasteiger partial charge on any atom is -0.496 e. The van der Waals surface area contributed by atoms with Crippen molar-refractivity contribution in [3.8, 4) is 5.75 Å². The third-order valence-corrected chi connectivity index (χ3v) is 7.43. The van der Waals surface area contributed by atoms with E-state index >= 15 is 0 Å². The van der Waals surface area contributed by atoms with Crippen molar-refractivity contribution in [2.75, 3.05) is 12.4 Å². The lowest BCUT2D eigenvalue weighted by molar-refractivity contribution is 0.410. The highest BCUT2D eigenvalue weighted by molar-refractivity contribution is 9.10. The quantitative estimate of drug-likeness (QED) is 0.350. The van der Waals surface area contributed by atoms with E-state index in [2.05, 4.69) is 36.5 Å². The number of methoxy groups -OCH3 is 1. The Morgan fingerprint density at radius 2 is 1.73 bits per heavy atom. The molecule has 3 aromatic carbocycles. The molecule has 0 amide bonds. The number of anilines is 1. The summed E-state index contributed by atoms with van der Waals surface area (Å²) in [7, 11) is -2.31. The summed E-state index contributed by atoms with van der Waals surface area (Å²) in [5, 5.41) is 12.0. The van der Waals surface area contributed by atoms with Gasteiger partial charge in [-0.3, -0.25) is 0 Å². The number of rotatable bonds is 6. The Kier molecular flexibility index (Phi) is 5.47. The van der Waals surface area contributed by atoms with E-state index in [1.165, 1.54) is 16.6 Å². The highest BCUT2D eigenvalue weighted by Crippen LogP contribution is 2.29. The summed E-state index contributed by atoms with van der Waals surface area (Å²) in [6.45, 7) is 0.438. The number of fused-ring (bicyclic) bond motifs is 3. The Morgan fingerprint density at radius 1 is 1.00 bits per heavy atom. The first-order chi connectivity index (χ1) is 16.0. The zero-order chi connectivity index (χ0) is 23.0. The van der Waals surface area contributed by atoms with E-state index in [-0.39, 0.29) is 15.6 Å². The zero-order valence-electron chi connectivity index (χ0n) is 17.4. The van der Waals surface area contributed by atoms with E-state index in [0.29, 0.717) is 17.9 Å². The first-order valence-corrected chi connectivity index (χ1v) is 12.3. The van der Waals surface area contributed by atoms with Crippen LogP contribution >= 0.6 is 15.9 Å². The Labute approximate surface area is 198 Å². The SMILES string of the molecule is COc1ccccc1CNc1nc2c(S(=O)(=O)c3ccc(Br)cc3)nnn2c2ccccc12. The summed E-state index contributed by atoms with van der Waals surface area (Å²) in [6, 6.07) is 21.5. The molecule has 0 radical (unpaired) electrons. The molecule has 1 N–H and O–H groups in total. The van der Waals surface area contributed by atoms with Crippen LogP contribution in [0.25, 0.3) is 16.6 Å². The van der Waals surface area contributed by atoms with Crippen LogP contribution in [-0.4, -0.2) is 35.3 Å². The van der Waals surface area contributed by atoms with E-state index in [9.17, 15) is 8.42 Å². The van der Waals surface area contributed by atoms with Crippen molar-refractivity contribution in [3.63, 3.8) is 0 Å². The lowest BCUT2D eigenvalue weighted by Crippen LogP contribution is -2.08. The Morgan fingerprint density at radius 3 is 2.52 bits per heavy atom. The second kappa shape index (κ2) is 8.45. The number of sulfone groups is 1. The van der Waals surface area contributed by atoms with Gasteiger partial charge in [-0.2, -0.15) is 4.52 Å². The van der Waals surface area contributed by atoms with Crippen molar-refractivity contribution in [2.24, 2.45) is 0 Å². The molecular formula is C23H18BrN5O3S. The van der Waals surface area contributed by atoms with Crippen molar-refractivity contribution in [1.29, 1.82) is 0 Å². The largest absolute Gasteiger partial charge is 0.496 e. The van der Waals surface area contributed by atoms with Crippen LogP contribution in [0.5, 0.6) is 5.75 Å². The average molecular weight is 524 g/mol.